The van der Waals surface area contributed by atoms with Crippen LogP contribution < -0.4 is 5.32 Å². The second-order valence-electron chi connectivity index (χ2n) is 3.39. The number of hydrogen-bond donors (Lipinski definition) is 1. The van der Waals surface area contributed by atoms with Gasteiger partial charge in [-0.15, -0.1) is 11.6 Å². The number of aryl methyl sites for hydroxylation is 1. The van der Waals surface area contributed by atoms with E-state index in [2.05, 4.69) is 5.32 Å². The number of halogens is 2. The van der Waals surface area contributed by atoms with Gasteiger partial charge in [-0.3, -0.25) is 0 Å². The van der Waals surface area contributed by atoms with Crippen molar-refractivity contribution in [2.45, 2.75) is 18.7 Å². The molecule has 0 fully saturated rings. The lowest BCUT2D eigenvalue weighted by Gasteiger charge is -2.23. The predicted octanol–water partition coefficient (Wildman–Crippen LogP) is 3.23. The van der Waals surface area contributed by atoms with Crippen molar-refractivity contribution in [3.63, 3.8) is 0 Å². The molecule has 0 saturated carbocycles. The lowest BCUT2D eigenvalue weighted by atomic mass is 10.0. The van der Waals surface area contributed by atoms with Crippen molar-refractivity contribution in [2.75, 3.05) is 11.9 Å². The molecule has 0 radical (unpaired) electrons. The quantitative estimate of drug-likeness (QED) is 0.633. The van der Waals surface area contributed by atoms with Crippen LogP contribution in [0.1, 0.15) is 22.9 Å². The molecule has 70 valence electrons. The van der Waals surface area contributed by atoms with E-state index < -0.39 is 0 Å². The third kappa shape index (κ3) is 1.51. The number of fused-ring (bicyclic) bond motifs is 1. The standard InChI is InChI=1S/C10H11ClFN/c1-6-4-8(12)10-7(11)2-3-13-9(10)5-6/h4-5,7,13H,2-3H2,1H3. The fraction of sp³-hybridized carbons (Fsp3) is 0.400. The highest BCUT2D eigenvalue weighted by atomic mass is 35.5. The molecular formula is C10H11ClFN. The zero-order valence-corrected chi connectivity index (χ0v) is 8.16. The summed E-state index contributed by atoms with van der Waals surface area (Å²) < 4.78 is 13.5. The molecule has 0 spiro atoms. The van der Waals surface area contributed by atoms with Gasteiger partial charge in [0.25, 0.3) is 0 Å². The molecule has 0 amide bonds. The van der Waals surface area contributed by atoms with Gasteiger partial charge in [-0.05, 0) is 31.0 Å². The van der Waals surface area contributed by atoms with Crippen molar-refractivity contribution in [1.82, 2.24) is 0 Å². The largest absolute Gasteiger partial charge is 0.385 e. The van der Waals surface area contributed by atoms with Crippen LogP contribution in [-0.2, 0) is 0 Å². The summed E-state index contributed by atoms with van der Waals surface area (Å²) >= 11 is 6.02. The van der Waals surface area contributed by atoms with Gasteiger partial charge in [0.15, 0.2) is 0 Å². The first kappa shape index (κ1) is 8.82. The lowest BCUT2D eigenvalue weighted by Crippen LogP contribution is -2.15. The zero-order valence-electron chi connectivity index (χ0n) is 7.40. The Morgan fingerprint density at radius 1 is 1.54 bits per heavy atom. The monoisotopic (exact) mass is 199 g/mol. The van der Waals surface area contributed by atoms with Gasteiger partial charge in [0.05, 0.1) is 5.38 Å². The summed E-state index contributed by atoms with van der Waals surface area (Å²) in [5, 5.41) is 2.97. The van der Waals surface area contributed by atoms with Gasteiger partial charge in [0, 0.05) is 17.8 Å². The smallest absolute Gasteiger partial charge is 0.130 e. The molecule has 1 aromatic rings. The summed E-state index contributed by atoms with van der Waals surface area (Å²) in [5.74, 6) is -0.192. The molecule has 1 aliphatic heterocycles. The molecule has 1 aromatic carbocycles. The second kappa shape index (κ2) is 3.18. The highest BCUT2D eigenvalue weighted by molar-refractivity contribution is 6.21. The molecule has 3 heteroatoms. The molecule has 1 heterocycles. The van der Waals surface area contributed by atoms with Gasteiger partial charge in [-0.25, -0.2) is 4.39 Å². The van der Waals surface area contributed by atoms with Crippen LogP contribution in [0.2, 0.25) is 0 Å². The van der Waals surface area contributed by atoms with Gasteiger partial charge in [-0.1, -0.05) is 0 Å². The molecule has 1 nitrogen and oxygen atoms in total. The normalized spacial score (nSPS) is 20.7. The summed E-state index contributed by atoms with van der Waals surface area (Å²) in [6, 6.07) is 3.47. The maximum atomic E-state index is 13.5. The van der Waals surface area contributed by atoms with Crippen LogP contribution >= 0.6 is 11.6 Å². The van der Waals surface area contributed by atoms with Crippen molar-refractivity contribution in [3.05, 3.63) is 29.1 Å². The maximum absolute atomic E-state index is 13.5. The zero-order chi connectivity index (χ0) is 9.42. The molecule has 0 saturated heterocycles. The van der Waals surface area contributed by atoms with E-state index in [1.807, 2.05) is 13.0 Å². The van der Waals surface area contributed by atoms with Crippen molar-refractivity contribution in [2.24, 2.45) is 0 Å². The van der Waals surface area contributed by atoms with Gasteiger partial charge in [-0.2, -0.15) is 0 Å². The fourth-order valence-corrected chi connectivity index (χ4v) is 2.03. The molecule has 0 aromatic heterocycles. The Balaban J connectivity index is 2.56. The number of hydrogen-bond acceptors (Lipinski definition) is 1. The maximum Gasteiger partial charge on any atom is 0.130 e. The molecule has 1 atom stereocenters. The Morgan fingerprint density at radius 3 is 3.08 bits per heavy atom. The van der Waals surface area contributed by atoms with Crippen molar-refractivity contribution >= 4 is 17.3 Å². The number of alkyl halides is 1. The van der Waals surface area contributed by atoms with Crippen LogP contribution in [0.25, 0.3) is 0 Å². The number of benzene rings is 1. The molecule has 2 rings (SSSR count). The SMILES string of the molecule is Cc1cc(F)c2c(c1)NCCC2Cl. The van der Waals surface area contributed by atoms with Crippen LogP contribution in [0.5, 0.6) is 0 Å². The Labute approximate surface area is 81.9 Å². The van der Waals surface area contributed by atoms with E-state index in [0.29, 0.717) is 5.56 Å². The van der Waals surface area contributed by atoms with Crippen molar-refractivity contribution < 1.29 is 4.39 Å². The van der Waals surface area contributed by atoms with E-state index >= 15 is 0 Å². The van der Waals surface area contributed by atoms with Crippen LogP contribution in [0, 0.1) is 12.7 Å². The Kier molecular flexibility index (Phi) is 2.16. The Bertz CT molecular complexity index is 338. The first-order valence-electron chi connectivity index (χ1n) is 4.36. The topological polar surface area (TPSA) is 12.0 Å². The molecule has 1 N–H and O–H groups in total. The summed E-state index contributed by atoms with van der Waals surface area (Å²) in [6.45, 7) is 2.70. The third-order valence-corrected chi connectivity index (χ3v) is 2.74. The van der Waals surface area contributed by atoms with Crippen molar-refractivity contribution in [3.8, 4) is 0 Å². The van der Waals surface area contributed by atoms with Gasteiger partial charge in [0.2, 0.25) is 0 Å². The van der Waals surface area contributed by atoms with E-state index in [4.69, 9.17) is 11.6 Å². The van der Waals surface area contributed by atoms with E-state index in [9.17, 15) is 4.39 Å². The fourth-order valence-electron chi connectivity index (χ4n) is 1.70. The van der Waals surface area contributed by atoms with Crippen LogP contribution in [0.3, 0.4) is 0 Å². The molecule has 13 heavy (non-hydrogen) atoms. The third-order valence-electron chi connectivity index (χ3n) is 2.30. The predicted molar refractivity (Wildman–Crippen MR) is 52.8 cm³/mol. The minimum atomic E-state index is -0.192. The molecule has 0 bridgehead atoms. The number of nitrogens with one attached hydrogen (secondary N) is 1. The number of anilines is 1. The van der Waals surface area contributed by atoms with E-state index in [0.717, 1.165) is 24.2 Å². The molecule has 1 unspecified atom stereocenters. The van der Waals surface area contributed by atoms with E-state index in [-0.39, 0.29) is 11.2 Å². The lowest BCUT2D eigenvalue weighted by molar-refractivity contribution is 0.597. The average molecular weight is 200 g/mol. The summed E-state index contributed by atoms with van der Waals surface area (Å²) in [5.41, 5.74) is 2.40. The van der Waals surface area contributed by atoms with Gasteiger partial charge in [0.1, 0.15) is 5.82 Å². The highest BCUT2D eigenvalue weighted by Gasteiger charge is 2.21. The van der Waals surface area contributed by atoms with E-state index in [1.54, 1.807) is 0 Å². The Hall–Kier alpha value is -0.760. The second-order valence-corrected chi connectivity index (χ2v) is 3.92. The van der Waals surface area contributed by atoms with E-state index in [1.165, 1.54) is 6.07 Å². The van der Waals surface area contributed by atoms with Crippen molar-refractivity contribution in [1.29, 1.82) is 0 Å². The van der Waals surface area contributed by atoms with Crippen LogP contribution in [0.4, 0.5) is 10.1 Å². The summed E-state index contributed by atoms with van der Waals surface area (Å²) in [7, 11) is 0. The minimum Gasteiger partial charge on any atom is -0.385 e. The molecule has 0 aliphatic carbocycles. The average Bonchev–Trinajstić information content (AvgIpc) is 2.02. The van der Waals surface area contributed by atoms with Gasteiger partial charge >= 0.3 is 0 Å². The van der Waals surface area contributed by atoms with Crippen LogP contribution in [0.15, 0.2) is 12.1 Å². The minimum absolute atomic E-state index is 0.183. The Morgan fingerprint density at radius 2 is 2.31 bits per heavy atom. The molecular weight excluding hydrogens is 189 g/mol. The first-order chi connectivity index (χ1) is 6.18. The summed E-state index contributed by atoms with van der Waals surface area (Å²) in [4.78, 5) is 0. The van der Waals surface area contributed by atoms with Crippen LogP contribution in [-0.4, -0.2) is 6.54 Å². The highest BCUT2D eigenvalue weighted by Crippen LogP contribution is 2.36. The first-order valence-corrected chi connectivity index (χ1v) is 4.80. The summed E-state index contributed by atoms with van der Waals surface area (Å²) in [6.07, 6.45) is 0.786. The molecule has 1 aliphatic rings. The number of rotatable bonds is 0. The van der Waals surface area contributed by atoms with Gasteiger partial charge < -0.3 is 5.32 Å².